The number of anilines is 1. The Hall–Kier alpha value is -3.70. The van der Waals surface area contributed by atoms with Crippen LogP contribution in [0, 0.1) is 19.7 Å². The van der Waals surface area contributed by atoms with Crippen LogP contribution < -0.4 is 10.1 Å². The van der Waals surface area contributed by atoms with Gasteiger partial charge < -0.3 is 19.4 Å². The molecular formula is C26H25FN4O4S2. The van der Waals surface area contributed by atoms with Crippen LogP contribution in [0.3, 0.4) is 0 Å². The maximum absolute atomic E-state index is 13.3. The van der Waals surface area contributed by atoms with E-state index >= 15 is 0 Å². The van der Waals surface area contributed by atoms with Crippen LogP contribution in [0.25, 0.3) is 11.1 Å². The highest BCUT2D eigenvalue weighted by molar-refractivity contribution is 7.99. The third kappa shape index (κ3) is 6.17. The summed E-state index contributed by atoms with van der Waals surface area (Å²) in [5.74, 6) is 0.124. The zero-order valence-corrected chi connectivity index (χ0v) is 22.3. The van der Waals surface area contributed by atoms with E-state index in [9.17, 15) is 14.0 Å². The molecule has 0 aliphatic rings. The number of methoxy groups -OCH3 is 1. The SMILES string of the molecule is COC(=O)c1c(-c2ccc(F)cc2)csc1NC(=O)CSc1nnc(COc2ccc(C)c(C)c2)n1C. The van der Waals surface area contributed by atoms with Crippen molar-refractivity contribution in [2.45, 2.75) is 25.6 Å². The number of aryl methyl sites for hydroxylation is 2. The van der Waals surface area contributed by atoms with E-state index in [1.54, 1.807) is 22.1 Å². The van der Waals surface area contributed by atoms with Gasteiger partial charge in [0.05, 0.1) is 12.9 Å². The van der Waals surface area contributed by atoms with Gasteiger partial charge in [0, 0.05) is 18.0 Å². The Kier molecular flexibility index (Phi) is 8.24. The van der Waals surface area contributed by atoms with Gasteiger partial charge in [-0.2, -0.15) is 0 Å². The van der Waals surface area contributed by atoms with Gasteiger partial charge in [-0.15, -0.1) is 21.5 Å². The molecule has 2 heterocycles. The van der Waals surface area contributed by atoms with Gasteiger partial charge in [0.2, 0.25) is 5.91 Å². The van der Waals surface area contributed by atoms with Crippen molar-refractivity contribution in [3.05, 3.63) is 76.2 Å². The number of thioether (sulfide) groups is 1. The molecule has 1 N–H and O–H groups in total. The summed E-state index contributed by atoms with van der Waals surface area (Å²) in [6, 6.07) is 11.6. The van der Waals surface area contributed by atoms with Crippen LogP contribution >= 0.6 is 23.1 Å². The summed E-state index contributed by atoms with van der Waals surface area (Å²) in [4.78, 5) is 25.2. The van der Waals surface area contributed by atoms with E-state index < -0.39 is 5.97 Å². The van der Waals surface area contributed by atoms with Gasteiger partial charge in [-0.05, 0) is 54.8 Å². The molecule has 0 saturated carbocycles. The molecule has 0 unspecified atom stereocenters. The van der Waals surface area contributed by atoms with Crippen molar-refractivity contribution in [3.63, 3.8) is 0 Å². The first-order chi connectivity index (χ1) is 17.8. The maximum Gasteiger partial charge on any atom is 0.341 e. The fourth-order valence-corrected chi connectivity index (χ4v) is 5.14. The standard InChI is InChI=1S/C26H25FN4O4S2/c1-15-5-10-19(11-16(15)2)35-12-21-29-30-26(31(21)3)37-14-22(32)28-24-23(25(33)34-4)20(13-36-24)17-6-8-18(27)9-7-17/h5-11,13H,12,14H2,1-4H3,(H,28,32). The van der Waals surface area contributed by atoms with Gasteiger partial charge in [0.15, 0.2) is 11.0 Å². The van der Waals surface area contributed by atoms with E-state index in [1.165, 1.54) is 47.9 Å². The number of ether oxygens (including phenoxy) is 2. The zero-order valence-electron chi connectivity index (χ0n) is 20.7. The quantitative estimate of drug-likeness (QED) is 0.224. The molecule has 0 radical (unpaired) electrons. The van der Waals surface area contributed by atoms with Crippen LogP contribution in [0.5, 0.6) is 5.75 Å². The van der Waals surface area contributed by atoms with Crippen LogP contribution in [0.2, 0.25) is 0 Å². The molecule has 4 aromatic rings. The minimum Gasteiger partial charge on any atom is -0.486 e. The topological polar surface area (TPSA) is 95.3 Å². The third-order valence-electron chi connectivity index (χ3n) is 5.69. The number of aromatic nitrogens is 3. The Labute approximate surface area is 221 Å². The summed E-state index contributed by atoms with van der Waals surface area (Å²) in [5, 5.41) is 13.8. The van der Waals surface area contributed by atoms with Gasteiger partial charge in [0.1, 0.15) is 28.7 Å². The Morgan fingerprint density at radius 3 is 2.57 bits per heavy atom. The normalized spacial score (nSPS) is 10.8. The van der Waals surface area contributed by atoms with Crippen molar-refractivity contribution in [1.82, 2.24) is 14.8 Å². The van der Waals surface area contributed by atoms with Crippen molar-refractivity contribution >= 4 is 40.0 Å². The first-order valence-electron chi connectivity index (χ1n) is 11.2. The minimum atomic E-state index is -0.592. The van der Waals surface area contributed by atoms with E-state index in [2.05, 4.69) is 15.5 Å². The lowest BCUT2D eigenvalue weighted by atomic mass is 10.0. The predicted molar refractivity (Wildman–Crippen MR) is 142 cm³/mol. The number of esters is 1. The highest BCUT2D eigenvalue weighted by atomic mass is 32.2. The second-order valence-electron chi connectivity index (χ2n) is 8.18. The number of hydrogen-bond acceptors (Lipinski definition) is 8. The van der Waals surface area contributed by atoms with E-state index in [4.69, 9.17) is 9.47 Å². The number of thiophene rings is 1. The highest BCUT2D eigenvalue weighted by Crippen LogP contribution is 2.36. The first-order valence-corrected chi connectivity index (χ1v) is 13.1. The number of benzene rings is 2. The van der Waals surface area contributed by atoms with Gasteiger partial charge in [0.25, 0.3) is 0 Å². The fourth-order valence-electron chi connectivity index (χ4n) is 3.44. The number of halogens is 1. The van der Waals surface area contributed by atoms with Crippen LogP contribution in [0.1, 0.15) is 27.3 Å². The van der Waals surface area contributed by atoms with Crippen LogP contribution in [0.4, 0.5) is 9.39 Å². The lowest BCUT2D eigenvalue weighted by Crippen LogP contribution is -2.16. The third-order valence-corrected chi connectivity index (χ3v) is 7.61. The molecule has 192 valence electrons. The predicted octanol–water partition coefficient (Wildman–Crippen LogP) is 5.40. The van der Waals surface area contributed by atoms with Crippen LogP contribution in [-0.2, 0) is 23.2 Å². The van der Waals surface area contributed by atoms with E-state index in [0.29, 0.717) is 27.1 Å². The van der Waals surface area contributed by atoms with Crippen molar-refractivity contribution < 1.29 is 23.5 Å². The number of amides is 1. The molecule has 0 aliphatic heterocycles. The Morgan fingerprint density at radius 2 is 1.86 bits per heavy atom. The smallest absolute Gasteiger partial charge is 0.341 e. The highest BCUT2D eigenvalue weighted by Gasteiger charge is 2.23. The molecule has 8 nitrogen and oxygen atoms in total. The Morgan fingerprint density at radius 1 is 1.11 bits per heavy atom. The lowest BCUT2D eigenvalue weighted by Gasteiger charge is -2.09. The molecule has 2 aromatic heterocycles. The number of nitrogens with one attached hydrogen (secondary N) is 1. The second kappa shape index (κ2) is 11.6. The molecule has 0 saturated heterocycles. The summed E-state index contributed by atoms with van der Waals surface area (Å²) in [7, 11) is 3.08. The molecular weight excluding hydrogens is 515 g/mol. The Bertz CT molecular complexity index is 1430. The molecule has 0 aliphatic carbocycles. The second-order valence-corrected chi connectivity index (χ2v) is 10.0. The number of hydrogen-bond donors (Lipinski definition) is 1. The number of carbonyl (C=O) groups excluding carboxylic acids is 2. The molecule has 4 rings (SSSR count). The van der Waals surface area contributed by atoms with E-state index in [-0.39, 0.29) is 29.6 Å². The van der Waals surface area contributed by atoms with Crippen molar-refractivity contribution in [2.75, 3.05) is 18.2 Å². The molecule has 2 aromatic carbocycles. The average Bonchev–Trinajstić information content (AvgIpc) is 3.46. The summed E-state index contributed by atoms with van der Waals surface area (Å²) in [5.41, 5.74) is 3.76. The van der Waals surface area contributed by atoms with Gasteiger partial charge in [-0.3, -0.25) is 4.79 Å². The number of nitrogens with zero attached hydrogens (tertiary/aromatic N) is 3. The van der Waals surface area contributed by atoms with Crippen molar-refractivity contribution in [1.29, 1.82) is 0 Å². The van der Waals surface area contributed by atoms with E-state index in [0.717, 1.165) is 11.3 Å². The fraction of sp³-hybridized carbons (Fsp3) is 0.231. The summed E-state index contributed by atoms with van der Waals surface area (Å²) in [6.45, 7) is 4.31. The van der Waals surface area contributed by atoms with E-state index in [1.807, 2.05) is 39.1 Å². The average molecular weight is 541 g/mol. The largest absolute Gasteiger partial charge is 0.486 e. The first kappa shape index (κ1) is 26.4. The van der Waals surface area contributed by atoms with Crippen molar-refractivity contribution in [2.24, 2.45) is 7.05 Å². The van der Waals surface area contributed by atoms with Gasteiger partial charge in [-0.25, -0.2) is 9.18 Å². The van der Waals surface area contributed by atoms with Crippen LogP contribution in [0.15, 0.2) is 53.0 Å². The Balaban J connectivity index is 1.39. The number of carbonyl (C=O) groups is 2. The van der Waals surface area contributed by atoms with Crippen molar-refractivity contribution in [3.8, 4) is 16.9 Å². The molecule has 0 fully saturated rings. The zero-order chi connectivity index (χ0) is 26.5. The molecule has 0 atom stereocenters. The molecule has 0 spiro atoms. The molecule has 11 heteroatoms. The minimum absolute atomic E-state index is 0.0500. The van der Waals surface area contributed by atoms with Gasteiger partial charge in [-0.1, -0.05) is 30.0 Å². The molecule has 37 heavy (non-hydrogen) atoms. The molecule has 0 bridgehead atoms. The van der Waals surface area contributed by atoms with Crippen LogP contribution in [-0.4, -0.2) is 39.5 Å². The molecule has 1 amide bonds. The summed E-state index contributed by atoms with van der Waals surface area (Å²) >= 11 is 2.41. The number of rotatable bonds is 9. The summed E-state index contributed by atoms with van der Waals surface area (Å²) in [6.07, 6.45) is 0. The summed E-state index contributed by atoms with van der Waals surface area (Å²) < 4.78 is 25.9. The van der Waals surface area contributed by atoms with Gasteiger partial charge >= 0.3 is 5.97 Å². The maximum atomic E-state index is 13.3. The lowest BCUT2D eigenvalue weighted by molar-refractivity contribution is -0.113. The monoisotopic (exact) mass is 540 g/mol.